The average Bonchev–Trinajstić information content (AvgIpc) is 3.23. The first kappa shape index (κ1) is 14.7. The maximum atomic E-state index is 12.3. The summed E-state index contributed by atoms with van der Waals surface area (Å²) in [6, 6.07) is 13.4. The largest absolute Gasteiger partial charge is 0.459 e. The van der Waals surface area contributed by atoms with Gasteiger partial charge in [-0.1, -0.05) is 18.2 Å². The van der Waals surface area contributed by atoms with Crippen molar-refractivity contribution in [1.82, 2.24) is 9.88 Å². The molecular formula is C18H14N2O3S. The number of furan rings is 1. The number of rotatable bonds is 4. The third-order valence-electron chi connectivity index (χ3n) is 3.87. The maximum Gasteiger partial charge on any atom is 0.294 e. The topological polar surface area (TPSA) is 64.2 Å². The molecule has 1 amide bonds. The van der Waals surface area contributed by atoms with Gasteiger partial charge < -0.3 is 14.3 Å². The molecule has 0 spiro atoms. The summed E-state index contributed by atoms with van der Waals surface area (Å²) in [5.41, 5.74) is 0.155. The number of hydrogen-bond acceptors (Lipinski definition) is 4. The van der Waals surface area contributed by atoms with Gasteiger partial charge in [0, 0.05) is 29.4 Å². The van der Waals surface area contributed by atoms with E-state index in [0.717, 1.165) is 15.5 Å². The van der Waals surface area contributed by atoms with Gasteiger partial charge in [0.15, 0.2) is 5.58 Å². The lowest BCUT2D eigenvalue weighted by Crippen LogP contribution is -2.30. The van der Waals surface area contributed by atoms with E-state index in [0.29, 0.717) is 23.5 Å². The fourth-order valence-electron chi connectivity index (χ4n) is 2.64. The van der Waals surface area contributed by atoms with Gasteiger partial charge in [-0.3, -0.25) is 9.59 Å². The zero-order valence-corrected chi connectivity index (χ0v) is 13.5. The fraction of sp³-hybridized carbons (Fsp3) is 0.111. The van der Waals surface area contributed by atoms with Crippen molar-refractivity contribution in [2.45, 2.75) is 6.54 Å². The Morgan fingerprint density at radius 2 is 2.04 bits per heavy atom. The van der Waals surface area contributed by atoms with Crippen LogP contribution in [0.5, 0.6) is 0 Å². The molecule has 0 atom stereocenters. The number of carbonyl (C=O) groups is 1. The van der Waals surface area contributed by atoms with Crippen LogP contribution in [-0.2, 0) is 6.54 Å². The van der Waals surface area contributed by atoms with Gasteiger partial charge in [0.05, 0.1) is 11.1 Å². The number of pyridine rings is 1. The zero-order chi connectivity index (χ0) is 16.5. The molecule has 0 saturated heterocycles. The molecule has 1 N–H and O–H groups in total. The van der Waals surface area contributed by atoms with E-state index >= 15 is 0 Å². The molecular weight excluding hydrogens is 324 g/mol. The summed E-state index contributed by atoms with van der Waals surface area (Å²) in [7, 11) is 0. The molecule has 0 aliphatic rings. The van der Waals surface area contributed by atoms with E-state index in [-0.39, 0.29) is 11.5 Å². The molecule has 3 heterocycles. The Morgan fingerprint density at radius 1 is 1.17 bits per heavy atom. The Bertz CT molecular complexity index is 1060. The third kappa shape index (κ3) is 2.61. The van der Waals surface area contributed by atoms with Gasteiger partial charge in [0.2, 0.25) is 0 Å². The molecule has 0 aliphatic carbocycles. The van der Waals surface area contributed by atoms with Crippen LogP contribution in [0.15, 0.2) is 64.1 Å². The normalized spacial score (nSPS) is 11.2. The van der Waals surface area contributed by atoms with Gasteiger partial charge in [-0.05, 0) is 29.7 Å². The van der Waals surface area contributed by atoms with Crippen LogP contribution in [0.1, 0.15) is 9.67 Å². The molecule has 3 aromatic heterocycles. The van der Waals surface area contributed by atoms with Crippen molar-refractivity contribution >= 4 is 38.3 Å². The van der Waals surface area contributed by atoms with Crippen LogP contribution in [0.2, 0.25) is 0 Å². The van der Waals surface area contributed by atoms with E-state index in [4.69, 9.17) is 4.42 Å². The summed E-state index contributed by atoms with van der Waals surface area (Å²) >= 11 is 1.46. The predicted molar refractivity (Wildman–Crippen MR) is 94.6 cm³/mol. The molecule has 4 rings (SSSR count). The highest BCUT2D eigenvalue weighted by Crippen LogP contribution is 2.24. The van der Waals surface area contributed by atoms with Gasteiger partial charge in [0.1, 0.15) is 0 Å². The van der Waals surface area contributed by atoms with Crippen LogP contribution < -0.4 is 10.9 Å². The number of carbonyl (C=O) groups excluding carboxylic acids is 1. The molecule has 6 heteroatoms. The molecule has 1 aromatic carbocycles. The minimum atomic E-state index is -0.186. The molecule has 24 heavy (non-hydrogen) atoms. The lowest BCUT2D eigenvalue weighted by Gasteiger charge is -2.06. The van der Waals surface area contributed by atoms with Crippen LogP contribution in [0.3, 0.4) is 0 Å². The van der Waals surface area contributed by atoms with Gasteiger partial charge in [0.25, 0.3) is 11.5 Å². The first-order chi connectivity index (χ1) is 11.7. The minimum Gasteiger partial charge on any atom is -0.459 e. The zero-order valence-electron chi connectivity index (χ0n) is 12.7. The summed E-state index contributed by atoms with van der Waals surface area (Å²) in [6.07, 6.45) is 3.21. The van der Waals surface area contributed by atoms with Gasteiger partial charge >= 0.3 is 0 Å². The van der Waals surface area contributed by atoms with Crippen LogP contribution >= 0.6 is 11.3 Å². The highest BCUT2D eigenvalue weighted by atomic mass is 32.1. The standard InChI is InChI=1S/C18H14N2O3S/c21-17(15-11-13-3-1-2-4-14(13)24-15)19-7-9-20-8-5-12-6-10-23-16(12)18(20)22/h1-6,8,10-11H,7,9H2,(H,19,21). The lowest BCUT2D eigenvalue weighted by molar-refractivity contribution is 0.0956. The number of aromatic nitrogens is 1. The highest BCUT2D eigenvalue weighted by Gasteiger charge is 2.10. The van der Waals surface area contributed by atoms with Crippen LogP contribution in [0.4, 0.5) is 0 Å². The molecule has 0 fully saturated rings. The number of nitrogens with one attached hydrogen (secondary N) is 1. The molecule has 4 aromatic rings. The number of amides is 1. The van der Waals surface area contributed by atoms with E-state index in [9.17, 15) is 9.59 Å². The predicted octanol–water partition coefficient (Wildman–Crippen LogP) is 3.24. The summed E-state index contributed by atoms with van der Waals surface area (Å²) in [5, 5.41) is 4.70. The van der Waals surface area contributed by atoms with E-state index in [2.05, 4.69) is 5.32 Å². The smallest absolute Gasteiger partial charge is 0.294 e. The van der Waals surface area contributed by atoms with Crippen LogP contribution in [0.25, 0.3) is 21.1 Å². The van der Waals surface area contributed by atoms with Crippen molar-refractivity contribution in [2.75, 3.05) is 6.54 Å². The van der Waals surface area contributed by atoms with E-state index in [1.54, 1.807) is 12.3 Å². The third-order valence-corrected chi connectivity index (χ3v) is 4.99. The second-order valence-corrected chi connectivity index (χ2v) is 6.51. The quantitative estimate of drug-likeness (QED) is 0.621. The monoisotopic (exact) mass is 338 g/mol. The van der Waals surface area contributed by atoms with Gasteiger partial charge in [-0.25, -0.2) is 0 Å². The Kier molecular flexibility index (Phi) is 3.66. The van der Waals surface area contributed by atoms with Crippen molar-refractivity contribution in [3.8, 4) is 0 Å². The molecule has 5 nitrogen and oxygen atoms in total. The summed E-state index contributed by atoms with van der Waals surface area (Å²) < 4.78 is 7.82. The van der Waals surface area contributed by atoms with Crippen LogP contribution in [0, 0.1) is 0 Å². The Labute approximate surface area is 141 Å². The number of nitrogens with zero attached hydrogens (tertiary/aromatic N) is 1. The van der Waals surface area contributed by atoms with Crippen molar-refractivity contribution in [3.05, 3.63) is 70.2 Å². The van der Waals surface area contributed by atoms with Crippen molar-refractivity contribution in [1.29, 1.82) is 0 Å². The van der Waals surface area contributed by atoms with E-state index in [1.807, 2.05) is 36.4 Å². The van der Waals surface area contributed by atoms with Crippen LogP contribution in [-0.4, -0.2) is 17.0 Å². The van der Waals surface area contributed by atoms with Crippen molar-refractivity contribution in [3.63, 3.8) is 0 Å². The number of fused-ring (bicyclic) bond motifs is 2. The molecule has 0 bridgehead atoms. The summed E-state index contributed by atoms with van der Waals surface area (Å²) in [5.74, 6) is -0.122. The van der Waals surface area contributed by atoms with Crippen molar-refractivity contribution in [2.24, 2.45) is 0 Å². The first-order valence-electron chi connectivity index (χ1n) is 7.56. The Balaban J connectivity index is 1.45. The number of thiophene rings is 1. The second-order valence-electron chi connectivity index (χ2n) is 5.42. The maximum absolute atomic E-state index is 12.3. The van der Waals surface area contributed by atoms with Gasteiger partial charge in [-0.15, -0.1) is 11.3 Å². The summed E-state index contributed by atoms with van der Waals surface area (Å²) in [4.78, 5) is 25.1. The molecule has 0 unspecified atom stereocenters. The SMILES string of the molecule is O=C(NCCn1ccc2ccoc2c1=O)c1cc2ccccc2s1. The first-order valence-corrected chi connectivity index (χ1v) is 8.37. The fourth-order valence-corrected chi connectivity index (χ4v) is 3.62. The van der Waals surface area contributed by atoms with E-state index in [1.165, 1.54) is 22.2 Å². The second kappa shape index (κ2) is 5.98. The van der Waals surface area contributed by atoms with Crippen molar-refractivity contribution < 1.29 is 9.21 Å². The highest BCUT2D eigenvalue weighted by molar-refractivity contribution is 7.20. The number of hydrogen-bond donors (Lipinski definition) is 1. The van der Waals surface area contributed by atoms with Gasteiger partial charge in [-0.2, -0.15) is 0 Å². The molecule has 0 saturated carbocycles. The lowest BCUT2D eigenvalue weighted by atomic mass is 10.2. The Morgan fingerprint density at radius 3 is 2.92 bits per heavy atom. The minimum absolute atomic E-state index is 0.122. The summed E-state index contributed by atoms with van der Waals surface area (Å²) in [6.45, 7) is 0.769. The molecule has 0 aliphatic heterocycles. The average molecular weight is 338 g/mol. The van der Waals surface area contributed by atoms with E-state index < -0.39 is 0 Å². The Hall–Kier alpha value is -2.86. The molecule has 0 radical (unpaired) electrons. The molecule has 120 valence electrons. The number of benzene rings is 1.